The zero-order chi connectivity index (χ0) is 18.7. The molecule has 1 aliphatic heterocycles. The fourth-order valence-electron chi connectivity index (χ4n) is 2.21. The summed E-state index contributed by atoms with van der Waals surface area (Å²) in [6, 6.07) is -0.807. The topological polar surface area (TPSA) is 82.1 Å². The van der Waals surface area contributed by atoms with Crippen molar-refractivity contribution in [3.05, 3.63) is 11.6 Å². The number of likely N-dealkylation sites (tertiary alicyclic amines) is 1. The van der Waals surface area contributed by atoms with Crippen LogP contribution in [0.2, 0.25) is 0 Å². The minimum absolute atomic E-state index is 0.119. The van der Waals surface area contributed by atoms with Crippen LogP contribution in [0.15, 0.2) is 11.6 Å². The minimum Gasteiger partial charge on any atom is -0.467 e. The minimum atomic E-state index is -0.807. The number of nitrogens with zero attached hydrogens (tertiary/aromatic N) is 1. The van der Waals surface area contributed by atoms with Crippen LogP contribution in [0, 0.1) is 0 Å². The number of esters is 2. The monoisotopic (exact) mass is 341 g/mol. The SMILES string of the molecule is COC(=O)[C@@H]1C/C(=C\C(=O)OC(C)(C)C)CN1C(=O)OC(C)(C)C. The Bertz CT molecular complexity index is 538. The van der Waals surface area contributed by atoms with Gasteiger partial charge in [0.25, 0.3) is 0 Å². The molecule has 0 saturated carbocycles. The lowest BCUT2D eigenvalue weighted by Gasteiger charge is -2.27. The highest BCUT2D eigenvalue weighted by Gasteiger charge is 2.40. The molecule has 7 heteroatoms. The van der Waals surface area contributed by atoms with E-state index >= 15 is 0 Å². The molecule has 1 heterocycles. The predicted molar refractivity (Wildman–Crippen MR) is 87.3 cm³/mol. The van der Waals surface area contributed by atoms with E-state index in [0.29, 0.717) is 5.57 Å². The number of methoxy groups -OCH3 is 1. The van der Waals surface area contributed by atoms with Gasteiger partial charge in [-0.3, -0.25) is 4.90 Å². The maximum Gasteiger partial charge on any atom is 0.411 e. The number of carbonyl (C=O) groups excluding carboxylic acids is 3. The van der Waals surface area contributed by atoms with Crippen LogP contribution in [-0.2, 0) is 23.8 Å². The van der Waals surface area contributed by atoms with Gasteiger partial charge in [-0.05, 0) is 47.1 Å². The van der Waals surface area contributed by atoms with E-state index < -0.39 is 35.3 Å². The summed E-state index contributed by atoms with van der Waals surface area (Å²) in [6.07, 6.45) is 0.918. The Hall–Kier alpha value is -2.05. The molecule has 0 spiro atoms. The zero-order valence-electron chi connectivity index (χ0n) is 15.5. The van der Waals surface area contributed by atoms with Crippen LogP contribution in [0.4, 0.5) is 4.79 Å². The van der Waals surface area contributed by atoms with Crippen molar-refractivity contribution in [2.75, 3.05) is 13.7 Å². The number of rotatable bonds is 2. The number of carbonyl (C=O) groups is 3. The third-order valence-corrected chi connectivity index (χ3v) is 3.04. The lowest BCUT2D eigenvalue weighted by atomic mass is 10.1. The summed E-state index contributed by atoms with van der Waals surface area (Å²) < 4.78 is 15.3. The van der Waals surface area contributed by atoms with E-state index in [1.807, 2.05) is 0 Å². The normalized spacial score (nSPS) is 20.0. The number of amides is 1. The Kier molecular flexibility index (Phi) is 6.03. The predicted octanol–water partition coefficient (Wildman–Crippen LogP) is 2.44. The van der Waals surface area contributed by atoms with E-state index in [2.05, 4.69) is 0 Å². The van der Waals surface area contributed by atoms with Gasteiger partial charge in [0.2, 0.25) is 0 Å². The fraction of sp³-hybridized carbons (Fsp3) is 0.706. The summed E-state index contributed by atoms with van der Waals surface area (Å²) in [5.74, 6) is -1.05. The lowest BCUT2D eigenvalue weighted by Crippen LogP contribution is -2.43. The molecule has 0 bridgehead atoms. The summed E-state index contributed by atoms with van der Waals surface area (Å²) in [7, 11) is 1.26. The van der Waals surface area contributed by atoms with Gasteiger partial charge in [0, 0.05) is 19.0 Å². The molecule has 1 saturated heterocycles. The molecular weight excluding hydrogens is 314 g/mol. The first-order valence-electron chi connectivity index (χ1n) is 7.82. The highest BCUT2D eigenvalue weighted by atomic mass is 16.6. The van der Waals surface area contributed by atoms with Gasteiger partial charge in [0.1, 0.15) is 17.2 Å². The molecule has 1 aliphatic rings. The molecule has 0 aliphatic carbocycles. The third-order valence-electron chi connectivity index (χ3n) is 3.04. The second-order valence-corrected chi connectivity index (χ2v) is 7.69. The van der Waals surface area contributed by atoms with Crippen molar-refractivity contribution in [1.29, 1.82) is 0 Å². The molecule has 0 unspecified atom stereocenters. The number of hydrogen-bond acceptors (Lipinski definition) is 6. The molecule has 136 valence electrons. The van der Waals surface area contributed by atoms with E-state index in [0.717, 1.165) is 0 Å². The molecule has 0 N–H and O–H groups in total. The van der Waals surface area contributed by atoms with Crippen molar-refractivity contribution in [2.45, 2.75) is 65.2 Å². The Morgan fingerprint density at radius 2 is 1.58 bits per heavy atom. The van der Waals surface area contributed by atoms with Crippen molar-refractivity contribution >= 4 is 18.0 Å². The van der Waals surface area contributed by atoms with Gasteiger partial charge in [0.05, 0.1) is 7.11 Å². The Labute approximate surface area is 142 Å². The summed E-state index contributed by atoms with van der Waals surface area (Å²) in [5.41, 5.74) is -0.681. The van der Waals surface area contributed by atoms with E-state index in [9.17, 15) is 14.4 Å². The maximum absolute atomic E-state index is 12.3. The maximum atomic E-state index is 12.3. The molecule has 1 amide bonds. The zero-order valence-corrected chi connectivity index (χ0v) is 15.5. The van der Waals surface area contributed by atoms with Gasteiger partial charge in [-0.15, -0.1) is 0 Å². The number of hydrogen-bond donors (Lipinski definition) is 0. The van der Waals surface area contributed by atoms with Crippen LogP contribution in [-0.4, -0.2) is 53.8 Å². The third kappa shape index (κ3) is 6.22. The van der Waals surface area contributed by atoms with Crippen LogP contribution < -0.4 is 0 Å². The molecule has 24 heavy (non-hydrogen) atoms. The lowest BCUT2D eigenvalue weighted by molar-refractivity contribution is -0.148. The van der Waals surface area contributed by atoms with Crippen LogP contribution in [0.25, 0.3) is 0 Å². The van der Waals surface area contributed by atoms with E-state index in [1.54, 1.807) is 41.5 Å². The van der Waals surface area contributed by atoms with Gasteiger partial charge in [-0.1, -0.05) is 0 Å². The fourth-order valence-corrected chi connectivity index (χ4v) is 2.21. The van der Waals surface area contributed by atoms with E-state index in [1.165, 1.54) is 18.1 Å². The summed E-state index contributed by atoms with van der Waals surface area (Å²) in [5, 5.41) is 0. The summed E-state index contributed by atoms with van der Waals surface area (Å²) in [6.45, 7) is 10.6. The molecule has 0 aromatic heterocycles. The Morgan fingerprint density at radius 1 is 1.04 bits per heavy atom. The van der Waals surface area contributed by atoms with Crippen LogP contribution >= 0.6 is 0 Å². The average molecular weight is 341 g/mol. The van der Waals surface area contributed by atoms with Gasteiger partial charge in [-0.25, -0.2) is 14.4 Å². The highest BCUT2D eigenvalue weighted by Crippen LogP contribution is 2.26. The van der Waals surface area contributed by atoms with Crippen LogP contribution in [0.5, 0.6) is 0 Å². The van der Waals surface area contributed by atoms with Gasteiger partial charge in [-0.2, -0.15) is 0 Å². The second kappa shape index (κ2) is 7.23. The van der Waals surface area contributed by atoms with Crippen LogP contribution in [0.3, 0.4) is 0 Å². The molecule has 1 fully saturated rings. The van der Waals surface area contributed by atoms with Gasteiger partial charge in [0.15, 0.2) is 0 Å². The summed E-state index contributed by atoms with van der Waals surface area (Å²) >= 11 is 0. The Morgan fingerprint density at radius 3 is 2.04 bits per heavy atom. The molecule has 0 aromatic carbocycles. The van der Waals surface area contributed by atoms with Crippen molar-refractivity contribution in [1.82, 2.24) is 4.90 Å². The van der Waals surface area contributed by atoms with Crippen molar-refractivity contribution in [3.63, 3.8) is 0 Å². The molecule has 0 radical (unpaired) electrons. The molecular formula is C17H27NO6. The quantitative estimate of drug-likeness (QED) is 0.436. The molecule has 0 aromatic rings. The molecule has 7 nitrogen and oxygen atoms in total. The van der Waals surface area contributed by atoms with Crippen LogP contribution in [0.1, 0.15) is 48.0 Å². The van der Waals surface area contributed by atoms with Crippen molar-refractivity contribution in [2.24, 2.45) is 0 Å². The first kappa shape index (κ1) is 20.0. The largest absolute Gasteiger partial charge is 0.467 e. The average Bonchev–Trinajstić information content (AvgIpc) is 2.77. The standard InChI is InChI=1S/C17H27NO6/c1-16(2,3)23-13(19)9-11-8-12(14(20)22-7)18(10-11)15(21)24-17(4,5)6/h9,12H,8,10H2,1-7H3/b11-9+/t12-/m0/s1. The van der Waals surface area contributed by atoms with E-state index in [-0.39, 0.29) is 13.0 Å². The van der Waals surface area contributed by atoms with Gasteiger partial charge < -0.3 is 14.2 Å². The number of ether oxygens (including phenoxy) is 3. The molecule has 1 atom stereocenters. The second-order valence-electron chi connectivity index (χ2n) is 7.69. The smallest absolute Gasteiger partial charge is 0.411 e. The molecule has 1 rings (SSSR count). The van der Waals surface area contributed by atoms with Crippen molar-refractivity contribution in [3.8, 4) is 0 Å². The van der Waals surface area contributed by atoms with E-state index in [4.69, 9.17) is 14.2 Å². The first-order valence-corrected chi connectivity index (χ1v) is 7.82. The highest BCUT2D eigenvalue weighted by molar-refractivity contribution is 5.86. The Balaban J connectivity index is 2.93. The van der Waals surface area contributed by atoms with Crippen molar-refractivity contribution < 1.29 is 28.6 Å². The summed E-state index contributed by atoms with van der Waals surface area (Å²) in [4.78, 5) is 37.4. The van der Waals surface area contributed by atoms with Gasteiger partial charge >= 0.3 is 18.0 Å². The first-order chi connectivity index (χ1) is 10.8.